The SMILES string of the molecule is Cc1cc(C)c(C)c(S(=O)(=O)N2CC[NH+](CC(=O)Nc3ccc(F)c(F)c3F)CC2)c1C. The minimum absolute atomic E-state index is 0.0477. The summed E-state index contributed by atoms with van der Waals surface area (Å²) in [4.78, 5) is 13.4. The Labute approximate surface area is 186 Å². The third-order valence-corrected chi connectivity index (χ3v) is 8.22. The molecule has 0 spiro atoms. The van der Waals surface area contributed by atoms with Crippen molar-refractivity contribution in [2.45, 2.75) is 32.6 Å². The van der Waals surface area contributed by atoms with Crippen LogP contribution in [0.4, 0.5) is 18.9 Å². The zero-order valence-corrected chi connectivity index (χ0v) is 19.3. The molecule has 2 aromatic rings. The van der Waals surface area contributed by atoms with E-state index in [-0.39, 0.29) is 19.6 Å². The number of amides is 1. The number of aryl methyl sites for hydroxylation is 2. The number of hydrogen-bond acceptors (Lipinski definition) is 3. The first-order valence-electron chi connectivity index (χ1n) is 10.3. The fourth-order valence-electron chi connectivity index (χ4n) is 3.96. The fourth-order valence-corrected chi connectivity index (χ4v) is 5.98. The maximum Gasteiger partial charge on any atom is 0.279 e. The van der Waals surface area contributed by atoms with Crippen LogP contribution in [0.25, 0.3) is 0 Å². The van der Waals surface area contributed by atoms with Crippen molar-refractivity contribution < 1.29 is 31.3 Å². The maximum atomic E-state index is 13.8. The van der Waals surface area contributed by atoms with E-state index in [1.54, 1.807) is 13.8 Å². The van der Waals surface area contributed by atoms with Crippen LogP contribution in [0, 0.1) is 45.1 Å². The van der Waals surface area contributed by atoms with Gasteiger partial charge in [-0.1, -0.05) is 6.07 Å². The number of benzene rings is 2. The Morgan fingerprint density at radius 1 is 1.00 bits per heavy atom. The van der Waals surface area contributed by atoms with Crippen molar-refractivity contribution in [1.29, 1.82) is 0 Å². The van der Waals surface area contributed by atoms with Crippen molar-refractivity contribution in [2.24, 2.45) is 0 Å². The number of nitrogens with zero attached hydrogens (tertiary/aromatic N) is 1. The molecule has 0 unspecified atom stereocenters. The molecule has 1 amide bonds. The molecule has 1 aliphatic rings. The van der Waals surface area contributed by atoms with Gasteiger partial charge in [-0.15, -0.1) is 0 Å². The number of carbonyl (C=O) groups excluding carboxylic acids is 1. The molecule has 2 N–H and O–H groups in total. The summed E-state index contributed by atoms with van der Waals surface area (Å²) in [5.74, 6) is -5.01. The Morgan fingerprint density at radius 2 is 1.56 bits per heavy atom. The van der Waals surface area contributed by atoms with Gasteiger partial charge in [-0.25, -0.2) is 21.6 Å². The molecule has 174 valence electrons. The third-order valence-electron chi connectivity index (χ3n) is 6.04. The highest BCUT2D eigenvalue weighted by Crippen LogP contribution is 2.28. The first kappa shape index (κ1) is 24.2. The lowest BCUT2D eigenvalue weighted by atomic mass is 10.0. The molecular weight excluding hydrogens is 443 g/mol. The van der Waals surface area contributed by atoms with Gasteiger partial charge in [0.25, 0.3) is 5.91 Å². The number of sulfonamides is 1. The molecule has 0 bridgehead atoms. The molecule has 1 saturated heterocycles. The summed E-state index contributed by atoms with van der Waals surface area (Å²) in [6, 6.07) is 3.67. The average molecular weight is 471 g/mol. The number of carbonyl (C=O) groups is 1. The lowest BCUT2D eigenvalue weighted by Gasteiger charge is -2.32. The van der Waals surface area contributed by atoms with E-state index in [9.17, 15) is 26.4 Å². The highest BCUT2D eigenvalue weighted by Gasteiger charge is 2.33. The molecule has 1 heterocycles. The lowest BCUT2D eigenvalue weighted by Crippen LogP contribution is -3.15. The molecule has 0 saturated carbocycles. The first-order valence-corrected chi connectivity index (χ1v) is 11.7. The van der Waals surface area contributed by atoms with Crippen molar-refractivity contribution in [3.05, 3.63) is 57.9 Å². The van der Waals surface area contributed by atoms with Gasteiger partial charge in [0, 0.05) is 0 Å². The summed E-state index contributed by atoms with van der Waals surface area (Å²) < 4.78 is 68.2. The van der Waals surface area contributed by atoms with Crippen LogP contribution in [0.1, 0.15) is 22.3 Å². The summed E-state index contributed by atoms with van der Waals surface area (Å²) >= 11 is 0. The van der Waals surface area contributed by atoms with Crippen LogP contribution in [0.3, 0.4) is 0 Å². The van der Waals surface area contributed by atoms with Crippen LogP contribution >= 0.6 is 0 Å². The molecule has 0 aliphatic carbocycles. The second kappa shape index (κ2) is 9.21. The van der Waals surface area contributed by atoms with Gasteiger partial charge in [-0.2, -0.15) is 4.31 Å². The van der Waals surface area contributed by atoms with Crippen molar-refractivity contribution in [3.8, 4) is 0 Å². The summed E-state index contributed by atoms with van der Waals surface area (Å²) in [5.41, 5.74) is 2.86. The van der Waals surface area contributed by atoms with Crippen LogP contribution in [0.2, 0.25) is 0 Å². The lowest BCUT2D eigenvalue weighted by molar-refractivity contribution is -0.895. The van der Waals surface area contributed by atoms with E-state index < -0.39 is 39.1 Å². The van der Waals surface area contributed by atoms with Crippen molar-refractivity contribution in [2.75, 3.05) is 38.0 Å². The topological polar surface area (TPSA) is 70.9 Å². The van der Waals surface area contributed by atoms with E-state index in [1.807, 2.05) is 19.9 Å². The minimum Gasteiger partial charge on any atom is -0.325 e. The van der Waals surface area contributed by atoms with Gasteiger partial charge < -0.3 is 10.2 Å². The van der Waals surface area contributed by atoms with Gasteiger partial charge in [-0.05, 0) is 62.1 Å². The largest absolute Gasteiger partial charge is 0.325 e. The number of rotatable bonds is 5. The van der Waals surface area contributed by atoms with E-state index >= 15 is 0 Å². The van der Waals surface area contributed by atoms with E-state index in [0.717, 1.165) is 39.3 Å². The van der Waals surface area contributed by atoms with E-state index in [0.29, 0.717) is 18.0 Å². The Morgan fingerprint density at radius 3 is 2.12 bits per heavy atom. The number of nitrogens with one attached hydrogen (secondary N) is 2. The van der Waals surface area contributed by atoms with Crippen molar-refractivity contribution in [1.82, 2.24) is 4.31 Å². The molecule has 0 aromatic heterocycles. The second-order valence-corrected chi connectivity index (χ2v) is 10.1. The second-order valence-electron chi connectivity index (χ2n) is 8.19. The summed E-state index contributed by atoms with van der Waals surface area (Å²) in [7, 11) is -3.69. The number of halogens is 3. The van der Waals surface area contributed by atoms with Crippen LogP contribution in [-0.2, 0) is 14.8 Å². The molecule has 32 heavy (non-hydrogen) atoms. The number of quaternary nitrogens is 1. The molecule has 2 aromatic carbocycles. The molecule has 6 nitrogen and oxygen atoms in total. The molecule has 10 heteroatoms. The fraction of sp³-hybridized carbons (Fsp3) is 0.409. The van der Waals surface area contributed by atoms with Gasteiger partial charge >= 0.3 is 0 Å². The van der Waals surface area contributed by atoms with Crippen LogP contribution < -0.4 is 10.2 Å². The first-order chi connectivity index (χ1) is 14.9. The Hall–Kier alpha value is -2.43. The highest BCUT2D eigenvalue weighted by molar-refractivity contribution is 7.89. The van der Waals surface area contributed by atoms with Gasteiger partial charge in [0.15, 0.2) is 24.0 Å². The summed E-state index contributed by atoms with van der Waals surface area (Å²) in [6.07, 6.45) is 0. The maximum absolute atomic E-state index is 13.8. The van der Waals surface area contributed by atoms with Gasteiger partial charge in [-0.3, -0.25) is 4.79 Å². The smallest absolute Gasteiger partial charge is 0.279 e. The summed E-state index contributed by atoms with van der Waals surface area (Å²) in [6.45, 7) is 8.57. The Balaban J connectivity index is 1.66. The number of anilines is 1. The van der Waals surface area contributed by atoms with Crippen molar-refractivity contribution in [3.63, 3.8) is 0 Å². The minimum atomic E-state index is -3.69. The van der Waals surface area contributed by atoms with Gasteiger partial charge in [0.1, 0.15) is 0 Å². The number of hydrogen-bond donors (Lipinski definition) is 2. The standard InChI is InChI=1S/C22H26F3N3O3S/c1-13-11-14(2)16(4)22(15(13)3)32(30,31)28-9-7-27(8-10-28)12-19(29)26-18-6-5-17(23)20(24)21(18)25/h5-6,11H,7-10,12H2,1-4H3,(H,26,29)/p+1. The number of piperazine rings is 1. The van der Waals surface area contributed by atoms with Crippen molar-refractivity contribution >= 4 is 21.6 Å². The Kier molecular flexibility index (Phi) is 6.97. The molecule has 3 rings (SSSR count). The highest BCUT2D eigenvalue weighted by atomic mass is 32.2. The predicted octanol–water partition coefficient (Wildman–Crippen LogP) is 1.87. The summed E-state index contributed by atoms with van der Waals surface area (Å²) in [5, 5.41) is 2.25. The monoisotopic (exact) mass is 470 g/mol. The van der Waals surface area contributed by atoms with E-state index in [4.69, 9.17) is 0 Å². The third kappa shape index (κ3) is 4.67. The van der Waals surface area contributed by atoms with Crippen LogP contribution in [0.5, 0.6) is 0 Å². The molecule has 0 atom stereocenters. The molecule has 0 radical (unpaired) electrons. The van der Waals surface area contributed by atoms with Gasteiger partial charge in [0.05, 0.1) is 36.8 Å². The molecular formula is C22H27F3N3O3S+. The zero-order chi connectivity index (χ0) is 23.8. The molecule has 1 aliphatic heterocycles. The normalized spacial score (nSPS) is 15.7. The van der Waals surface area contributed by atoms with Gasteiger partial charge in [0.2, 0.25) is 10.0 Å². The predicted molar refractivity (Wildman–Crippen MR) is 115 cm³/mol. The van der Waals surface area contributed by atoms with Crippen LogP contribution in [-0.4, -0.2) is 51.4 Å². The Bertz CT molecular complexity index is 1130. The molecule has 1 fully saturated rings. The average Bonchev–Trinajstić information content (AvgIpc) is 2.73. The zero-order valence-electron chi connectivity index (χ0n) is 18.5. The van der Waals surface area contributed by atoms with Crippen LogP contribution in [0.15, 0.2) is 23.1 Å². The van der Waals surface area contributed by atoms with E-state index in [2.05, 4.69) is 5.32 Å². The van der Waals surface area contributed by atoms with E-state index in [1.165, 1.54) is 4.31 Å². The quantitative estimate of drug-likeness (QED) is 0.656.